The van der Waals surface area contributed by atoms with Gasteiger partial charge in [0.15, 0.2) is 0 Å². The zero-order valence-corrected chi connectivity index (χ0v) is 11.6. The van der Waals surface area contributed by atoms with Crippen molar-refractivity contribution in [2.24, 2.45) is 0 Å². The standard InChI is InChI=1S/C15H26O3/c1-3-4-5-6-7-8-9-10-11-13(2)14(16)12-15(17)18/h9-11,14,16H,3-8,12H2,1-2H3,(H,17,18)/b10-9+,13-11+/t14-/m1/s1. The molecule has 0 aromatic rings. The highest BCUT2D eigenvalue weighted by Crippen LogP contribution is 2.07. The molecule has 0 aliphatic carbocycles. The summed E-state index contributed by atoms with van der Waals surface area (Å²) < 4.78 is 0. The van der Waals surface area contributed by atoms with Crippen LogP contribution in [0.4, 0.5) is 0 Å². The summed E-state index contributed by atoms with van der Waals surface area (Å²) in [4.78, 5) is 10.4. The van der Waals surface area contributed by atoms with Crippen molar-refractivity contribution in [2.75, 3.05) is 0 Å². The van der Waals surface area contributed by atoms with Crippen LogP contribution in [0.25, 0.3) is 0 Å². The largest absolute Gasteiger partial charge is 0.481 e. The highest BCUT2D eigenvalue weighted by molar-refractivity contribution is 5.67. The topological polar surface area (TPSA) is 57.5 Å². The Bertz CT molecular complexity index is 279. The third-order valence-corrected chi connectivity index (χ3v) is 2.86. The first-order valence-electron chi connectivity index (χ1n) is 6.81. The van der Waals surface area contributed by atoms with Gasteiger partial charge in [-0.2, -0.15) is 0 Å². The second kappa shape index (κ2) is 11.0. The summed E-state index contributed by atoms with van der Waals surface area (Å²) in [6, 6.07) is 0. The molecule has 0 saturated heterocycles. The van der Waals surface area contributed by atoms with Crippen molar-refractivity contribution >= 4 is 5.97 Å². The van der Waals surface area contributed by atoms with Gasteiger partial charge in [-0.05, 0) is 25.3 Å². The van der Waals surface area contributed by atoms with Crippen LogP contribution < -0.4 is 0 Å². The minimum absolute atomic E-state index is 0.229. The summed E-state index contributed by atoms with van der Waals surface area (Å²) >= 11 is 0. The van der Waals surface area contributed by atoms with Gasteiger partial charge in [-0.15, -0.1) is 0 Å². The number of allylic oxidation sites excluding steroid dienone is 3. The van der Waals surface area contributed by atoms with E-state index in [2.05, 4.69) is 13.0 Å². The van der Waals surface area contributed by atoms with Crippen molar-refractivity contribution in [1.82, 2.24) is 0 Å². The second-order valence-corrected chi connectivity index (χ2v) is 4.66. The Balaban J connectivity index is 3.74. The first-order valence-corrected chi connectivity index (χ1v) is 6.81. The number of aliphatic carboxylic acids is 1. The van der Waals surface area contributed by atoms with E-state index in [4.69, 9.17) is 5.11 Å². The van der Waals surface area contributed by atoms with Crippen molar-refractivity contribution in [3.8, 4) is 0 Å². The van der Waals surface area contributed by atoms with Crippen LogP contribution in [-0.4, -0.2) is 22.3 Å². The minimum atomic E-state index is -0.977. The maximum atomic E-state index is 10.4. The Labute approximate surface area is 110 Å². The van der Waals surface area contributed by atoms with E-state index in [1.54, 1.807) is 13.0 Å². The molecule has 0 aliphatic heterocycles. The molecule has 0 aromatic carbocycles. The van der Waals surface area contributed by atoms with Crippen LogP contribution >= 0.6 is 0 Å². The van der Waals surface area contributed by atoms with Crippen LogP contribution in [0.5, 0.6) is 0 Å². The lowest BCUT2D eigenvalue weighted by molar-refractivity contribution is -0.138. The first kappa shape index (κ1) is 16.9. The van der Waals surface area contributed by atoms with E-state index in [1.165, 1.54) is 32.1 Å². The number of rotatable bonds is 10. The molecule has 0 bridgehead atoms. The van der Waals surface area contributed by atoms with E-state index in [-0.39, 0.29) is 6.42 Å². The first-order chi connectivity index (χ1) is 8.57. The number of carbonyl (C=O) groups is 1. The fourth-order valence-electron chi connectivity index (χ4n) is 1.62. The van der Waals surface area contributed by atoms with Crippen molar-refractivity contribution in [1.29, 1.82) is 0 Å². The normalized spacial score (nSPS) is 14.1. The summed E-state index contributed by atoms with van der Waals surface area (Å²) in [6.45, 7) is 3.95. The van der Waals surface area contributed by atoms with E-state index in [0.717, 1.165) is 6.42 Å². The summed E-state index contributed by atoms with van der Waals surface area (Å²) in [7, 11) is 0. The zero-order valence-electron chi connectivity index (χ0n) is 11.6. The number of carboxylic acids is 1. The average molecular weight is 254 g/mol. The molecule has 0 aliphatic rings. The molecule has 0 rings (SSSR count). The van der Waals surface area contributed by atoms with Gasteiger partial charge in [-0.1, -0.05) is 50.8 Å². The fraction of sp³-hybridized carbons (Fsp3) is 0.667. The quantitative estimate of drug-likeness (QED) is 0.462. The Morgan fingerprint density at radius 3 is 2.50 bits per heavy atom. The number of hydrogen-bond donors (Lipinski definition) is 2. The molecule has 3 heteroatoms. The third-order valence-electron chi connectivity index (χ3n) is 2.86. The number of aliphatic hydroxyl groups excluding tert-OH is 1. The second-order valence-electron chi connectivity index (χ2n) is 4.66. The molecule has 0 heterocycles. The van der Waals surface area contributed by atoms with Gasteiger partial charge in [0.25, 0.3) is 0 Å². The molecule has 0 saturated carbocycles. The molecule has 0 fully saturated rings. The number of aliphatic hydroxyl groups is 1. The molecule has 0 spiro atoms. The number of carboxylic acid groups (broad SMARTS) is 1. The molecule has 0 unspecified atom stereocenters. The third kappa shape index (κ3) is 10.1. The Morgan fingerprint density at radius 2 is 1.89 bits per heavy atom. The van der Waals surface area contributed by atoms with E-state index < -0.39 is 12.1 Å². The lowest BCUT2D eigenvalue weighted by atomic mass is 10.1. The summed E-state index contributed by atoms with van der Waals surface area (Å²) in [5, 5.41) is 18.0. The smallest absolute Gasteiger partial charge is 0.306 e. The molecule has 1 atom stereocenters. The van der Waals surface area contributed by atoms with Crippen molar-refractivity contribution in [3.63, 3.8) is 0 Å². The SMILES string of the molecule is CCCCCCC/C=C/C=C(\C)[C@H](O)CC(=O)O. The predicted molar refractivity (Wildman–Crippen MR) is 74.5 cm³/mol. The minimum Gasteiger partial charge on any atom is -0.481 e. The van der Waals surface area contributed by atoms with Gasteiger partial charge in [-0.25, -0.2) is 0 Å². The van der Waals surface area contributed by atoms with Gasteiger partial charge in [0, 0.05) is 0 Å². The van der Waals surface area contributed by atoms with Crippen molar-refractivity contribution < 1.29 is 15.0 Å². The molecule has 3 nitrogen and oxygen atoms in total. The molecule has 2 N–H and O–H groups in total. The highest BCUT2D eigenvalue weighted by Gasteiger charge is 2.09. The average Bonchev–Trinajstić information content (AvgIpc) is 2.31. The molecular weight excluding hydrogens is 228 g/mol. The van der Waals surface area contributed by atoms with Crippen LogP contribution in [0.2, 0.25) is 0 Å². The van der Waals surface area contributed by atoms with Gasteiger partial charge in [0.05, 0.1) is 12.5 Å². The van der Waals surface area contributed by atoms with Gasteiger partial charge in [-0.3, -0.25) is 4.79 Å². The van der Waals surface area contributed by atoms with Gasteiger partial charge in [0.2, 0.25) is 0 Å². The fourth-order valence-corrected chi connectivity index (χ4v) is 1.62. The predicted octanol–water partition coefficient (Wildman–Crippen LogP) is 3.69. The van der Waals surface area contributed by atoms with Crippen molar-refractivity contribution in [3.05, 3.63) is 23.8 Å². The Kier molecular flexibility index (Phi) is 10.4. The van der Waals surface area contributed by atoms with Crippen LogP contribution in [-0.2, 0) is 4.79 Å². The van der Waals surface area contributed by atoms with E-state index in [9.17, 15) is 9.90 Å². The zero-order chi connectivity index (χ0) is 13.8. The van der Waals surface area contributed by atoms with Gasteiger partial charge < -0.3 is 10.2 Å². The van der Waals surface area contributed by atoms with Crippen LogP contribution in [0.15, 0.2) is 23.8 Å². The monoisotopic (exact) mass is 254 g/mol. The van der Waals surface area contributed by atoms with Crippen molar-refractivity contribution in [2.45, 2.75) is 64.9 Å². The van der Waals surface area contributed by atoms with E-state index in [1.807, 2.05) is 6.08 Å². The molecule has 0 radical (unpaired) electrons. The van der Waals surface area contributed by atoms with Crippen LogP contribution in [0, 0.1) is 0 Å². The van der Waals surface area contributed by atoms with E-state index >= 15 is 0 Å². The number of unbranched alkanes of at least 4 members (excludes halogenated alkanes) is 5. The maximum absolute atomic E-state index is 10.4. The molecule has 0 aromatic heterocycles. The summed E-state index contributed by atoms with van der Waals surface area (Å²) in [5.74, 6) is -0.977. The molecule has 0 amide bonds. The Morgan fingerprint density at radius 1 is 1.22 bits per heavy atom. The highest BCUT2D eigenvalue weighted by atomic mass is 16.4. The van der Waals surface area contributed by atoms with Crippen LogP contribution in [0.1, 0.15) is 58.8 Å². The van der Waals surface area contributed by atoms with Gasteiger partial charge >= 0.3 is 5.97 Å². The summed E-state index contributed by atoms with van der Waals surface area (Å²) in [5.41, 5.74) is 0.694. The van der Waals surface area contributed by atoms with E-state index in [0.29, 0.717) is 5.57 Å². The Hall–Kier alpha value is -1.09. The molecule has 104 valence electrons. The lowest BCUT2D eigenvalue weighted by Gasteiger charge is -2.06. The van der Waals surface area contributed by atoms with Gasteiger partial charge in [0.1, 0.15) is 0 Å². The maximum Gasteiger partial charge on any atom is 0.306 e. The molecular formula is C15H26O3. The summed E-state index contributed by atoms with van der Waals surface area (Å²) in [6.07, 6.45) is 12.0. The van der Waals surface area contributed by atoms with Crippen LogP contribution in [0.3, 0.4) is 0 Å². The molecule has 18 heavy (non-hydrogen) atoms. The lowest BCUT2D eigenvalue weighted by Crippen LogP contribution is -2.13. The number of hydrogen-bond acceptors (Lipinski definition) is 2.